The van der Waals surface area contributed by atoms with Gasteiger partial charge in [-0.15, -0.1) is 0 Å². The third-order valence-electron chi connectivity index (χ3n) is 5.41. The van der Waals surface area contributed by atoms with E-state index in [-0.39, 0.29) is 14.9 Å². The second-order valence-electron chi connectivity index (χ2n) is 6.71. The fraction of sp³-hybridized carbons (Fsp3) is 0.810. The van der Waals surface area contributed by atoms with E-state index >= 15 is 0 Å². The second-order valence-corrected chi connectivity index (χ2v) is 6.71. The standard InChI is InChI=1S/C19H32.2CH4/c1-3-5-7-17-10-14-19(15-11-17)18-12-8-16(6-4-2)9-13-18;;/h4-7,16-19H,3,8-15H2,1-2H3;2*1H4. The Hall–Kier alpha value is -0.520. The molecule has 0 aromatic heterocycles. The molecule has 0 bridgehead atoms. The van der Waals surface area contributed by atoms with Crippen molar-refractivity contribution in [2.24, 2.45) is 23.7 Å². The molecule has 0 nitrogen and oxygen atoms in total. The SMILES string of the molecule is C.C.CC=CC1CCC(C2CCC(C=CCC)CC2)CC1. The first-order chi connectivity index (χ1) is 9.33. The van der Waals surface area contributed by atoms with E-state index < -0.39 is 0 Å². The van der Waals surface area contributed by atoms with Crippen molar-refractivity contribution >= 4 is 0 Å². The summed E-state index contributed by atoms with van der Waals surface area (Å²) in [5.41, 5.74) is 0. The van der Waals surface area contributed by atoms with Gasteiger partial charge in [0.2, 0.25) is 0 Å². The maximum absolute atomic E-state index is 2.49. The fourth-order valence-electron chi connectivity index (χ4n) is 4.22. The van der Waals surface area contributed by atoms with Crippen LogP contribution >= 0.6 is 0 Å². The molecule has 2 rings (SSSR count). The van der Waals surface area contributed by atoms with Gasteiger partial charge in [0.05, 0.1) is 0 Å². The number of rotatable bonds is 4. The van der Waals surface area contributed by atoms with E-state index in [1.165, 1.54) is 57.8 Å². The summed E-state index contributed by atoms with van der Waals surface area (Å²) < 4.78 is 0. The summed E-state index contributed by atoms with van der Waals surface area (Å²) in [6.07, 6.45) is 22.5. The average molecular weight is 293 g/mol. The van der Waals surface area contributed by atoms with Gasteiger partial charge in [-0.1, -0.05) is 46.1 Å². The Balaban J connectivity index is 0.00000200. The van der Waals surface area contributed by atoms with Crippen LogP contribution in [-0.2, 0) is 0 Å². The summed E-state index contributed by atoms with van der Waals surface area (Å²) in [6.45, 7) is 4.41. The van der Waals surface area contributed by atoms with Crippen LogP contribution in [0.4, 0.5) is 0 Å². The lowest BCUT2D eigenvalue weighted by Gasteiger charge is -2.36. The lowest BCUT2D eigenvalue weighted by Crippen LogP contribution is -2.25. The lowest BCUT2D eigenvalue weighted by atomic mass is 9.69. The molecular formula is C21H40. The molecule has 21 heavy (non-hydrogen) atoms. The summed E-state index contributed by atoms with van der Waals surface area (Å²) in [7, 11) is 0. The van der Waals surface area contributed by atoms with E-state index in [2.05, 4.69) is 38.2 Å². The molecule has 2 saturated carbocycles. The molecule has 0 amide bonds. The van der Waals surface area contributed by atoms with Gasteiger partial charge in [-0.3, -0.25) is 0 Å². The first kappa shape index (κ1) is 20.5. The monoisotopic (exact) mass is 292 g/mol. The molecular weight excluding hydrogens is 252 g/mol. The summed E-state index contributed by atoms with van der Waals surface area (Å²) in [5, 5.41) is 0. The van der Waals surface area contributed by atoms with Crippen LogP contribution in [0, 0.1) is 23.7 Å². The third kappa shape index (κ3) is 6.41. The van der Waals surface area contributed by atoms with Crippen molar-refractivity contribution in [2.45, 2.75) is 86.5 Å². The van der Waals surface area contributed by atoms with Gasteiger partial charge in [0.15, 0.2) is 0 Å². The zero-order chi connectivity index (χ0) is 13.5. The molecule has 0 heteroatoms. The Labute approximate surface area is 135 Å². The molecule has 2 aliphatic rings. The van der Waals surface area contributed by atoms with E-state index in [1.54, 1.807) is 0 Å². The first-order valence-corrected chi connectivity index (χ1v) is 8.63. The van der Waals surface area contributed by atoms with E-state index in [0.29, 0.717) is 0 Å². The fourth-order valence-corrected chi connectivity index (χ4v) is 4.22. The molecule has 0 atom stereocenters. The van der Waals surface area contributed by atoms with Crippen molar-refractivity contribution < 1.29 is 0 Å². The van der Waals surface area contributed by atoms with Gasteiger partial charge in [-0.2, -0.15) is 0 Å². The van der Waals surface area contributed by atoms with Crippen LogP contribution in [0.1, 0.15) is 86.5 Å². The number of allylic oxidation sites excluding steroid dienone is 4. The Kier molecular flexibility index (Phi) is 10.8. The predicted octanol–water partition coefficient (Wildman–Crippen LogP) is 7.41. The number of hydrogen-bond donors (Lipinski definition) is 0. The number of hydrogen-bond acceptors (Lipinski definition) is 0. The van der Waals surface area contributed by atoms with Crippen molar-refractivity contribution in [3.05, 3.63) is 24.3 Å². The van der Waals surface area contributed by atoms with Gasteiger partial charge in [-0.05, 0) is 88.4 Å². The maximum atomic E-state index is 2.49. The van der Waals surface area contributed by atoms with Gasteiger partial charge in [0.1, 0.15) is 0 Å². The summed E-state index contributed by atoms with van der Waals surface area (Å²) in [5.74, 6) is 3.90. The third-order valence-corrected chi connectivity index (χ3v) is 5.41. The Morgan fingerprint density at radius 1 is 0.714 bits per heavy atom. The molecule has 0 aromatic carbocycles. The highest BCUT2D eigenvalue weighted by Gasteiger charge is 2.29. The van der Waals surface area contributed by atoms with Crippen LogP contribution < -0.4 is 0 Å². The zero-order valence-electron chi connectivity index (χ0n) is 13.0. The average Bonchev–Trinajstić information content (AvgIpc) is 2.47. The Morgan fingerprint density at radius 3 is 1.52 bits per heavy atom. The predicted molar refractivity (Wildman–Crippen MR) is 98.6 cm³/mol. The van der Waals surface area contributed by atoms with E-state index in [0.717, 1.165) is 23.7 Å². The summed E-state index contributed by atoms with van der Waals surface area (Å²) in [6, 6.07) is 0. The highest BCUT2D eigenvalue weighted by molar-refractivity contribution is 4.93. The zero-order valence-corrected chi connectivity index (χ0v) is 13.0. The van der Waals surface area contributed by atoms with Gasteiger partial charge < -0.3 is 0 Å². The quantitative estimate of drug-likeness (QED) is 0.473. The van der Waals surface area contributed by atoms with Gasteiger partial charge in [0.25, 0.3) is 0 Å². The van der Waals surface area contributed by atoms with Crippen molar-refractivity contribution in [1.82, 2.24) is 0 Å². The van der Waals surface area contributed by atoms with E-state index in [4.69, 9.17) is 0 Å². The first-order valence-electron chi connectivity index (χ1n) is 8.63. The molecule has 0 saturated heterocycles. The van der Waals surface area contributed by atoms with E-state index in [9.17, 15) is 0 Å². The normalized spacial score (nSPS) is 33.6. The van der Waals surface area contributed by atoms with Crippen molar-refractivity contribution in [3.8, 4) is 0 Å². The molecule has 0 N–H and O–H groups in total. The van der Waals surface area contributed by atoms with Crippen LogP contribution in [0.5, 0.6) is 0 Å². The van der Waals surface area contributed by atoms with Crippen molar-refractivity contribution in [3.63, 3.8) is 0 Å². The lowest BCUT2D eigenvalue weighted by molar-refractivity contribution is 0.166. The Morgan fingerprint density at radius 2 is 1.14 bits per heavy atom. The van der Waals surface area contributed by atoms with Gasteiger partial charge in [0, 0.05) is 0 Å². The minimum absolute atomic E-state index is 0. The van der Waals surface area contributed by atoms with Crippen LogP contribution in [0.15, 0.2) is 24.3 Å². The second kappa shape index (κ2) is 11.1. The molecule has 2 fully saturated rings. The highest BCUT2D eigenvalue weighted by atomic mass is 14.3. The smallest absolute Gasteiger partial charge is 0.0233 e. The molecule has 2 aliphatic carbocycles. The minimum Gasteiger partial charge on any atom is -0.0914 e. The summed E-state index contributed by atoms with van der Waals surface area (Å²) >= 11 is 0. The molecule has 0 unspecified atom stereocenters. The van der Waals surface area contributed by atoms with Crippen LogP contribution in [0.25, 0.3) is 0 Å². The van der Waals surface area contributed by atoms with Crippen LogP contribution in [-0.4, -0.2) is 0 Å². The van der Waals surface area contributed by atoms with Gasteiger partial charge >= 0.3 is 0 Å². The van der Waals surface area contributed by atoms with Crippen molar-refractivity contribution in [2.75, 3.05) is 0 Å². The molecule has 0 radical (unpaired) electrons. The molecule has 0 heterocycles. The maximum Gasteiger partial charge on any atom is -0.0233 e. The topological polar surface area (TPSA) is 0 Å². The minimum atomic E-state index is 0. The van der Waals surface area contributed by atoms with Crippen molar-refractivity contribution in [1.29, 1.82) is 0 Å². The van der Waals surface area contributed by atoms with Gasteiger partial charge in [-0.25, -0.2) is 0 Å². The largest absolute Gasteiger partial charge is 0.0914 e. The molecule has 0 aliphatic heterocycles. The summed E-state index contributed by atoms with van der Waals surface area (Å²) in [4.78, 5) is 0. The van der Waals surface area contributed by atoms with Crippen LogP contribution in [0.2, 0.25) is 0 Å². The molecule has 0 spiro atoms. The van der Waals surface area contributed by atoms with E-state index in [1.807, 2.05) is 0 Å². The Bertz CT molecular complexity index is 283. The van der Waals surface area contributed by atoms with Crippen LogP contribution in [0.3, 0.4) is 0 Å². The highest BCUT2D eigenvalue weighted by Crippen LogP contribution is 2.41. The molecule has 124 valence electrons. The molecule has 0 aromatic rings.